The summed E-state index contributed by atoms with van der Waals surface area (Å²) in [5, 5.41) is 6.97. The van der Waals surface area contributed by atoms with E-state index in [1.165, 1.54) is 45.2 Å². The fourth-order valence-electron chi connectivity index (χ4n) is 7.96. The van der Waals surface area contributed by atoms with Crippen LogP contribution in [0.25, 0.3) is 0 Å². The van der Waals surface area contributed by atoms with Gasteiger partial charge in [-0.3, -0.25) is 14.4 Å². The normalized spacial score (nSPS) is 21.2. The zero-order valence-electron chi connectivity index (χ0n) is 29.8. The van der Waals surface area contributed by atoms with Gasteiger partial charge < -0.3 is 25.4 Å². The van der Waals surface area contributed by atoms with E-state index in [1.807, 2.05) is 11.6 Å². The van der Waals surface area contributed by atoms with Crippen molar-refractivity contribution in [3.63, 3.8) is 0 Å². The van der Waals surface area contributed by atoms with E-state index in [0.29, 0.717) is 43.5 Å². The molecule has 6 heterocycles. The molecule has 1 unspecified atom stereocenters. The van der Waals surface area contributed by atoms with Crippen molar-refractivity contribution >= 4 is 29.0 Å². The number of hydrogen-bond acceptors (Lipinski definition) is 9. The molecule has 3 aromatic rings. The van der Waals surface area contributed by atoms with E-state index in [9.17, 15) is 26.7 Å². The van der Waals surface area contributed by atoms with E-state index < -0.39 is 17.8 Å². The number of amides is 1. The third-order valence-corrected chi connectivity index (χ3v) is 11.0. The Kier molecular flexibility index (Phi) is 11.2. The highest BCUT2D eigenvalue weighted by Gasteiger charge is 2.60. The van der Waals surface area contributed by atoms with Crippen LogP contribution in [0.1, 0.15) is 77.1 Å². The van der Waals surface area contributed by atoms with E-state index in [2.05, 4.69) is 26.8 Å². The number of nitrogens with zero attached hydrogens (tertiary/aromatic N) is 6. The van der Waals surface area contributed by atoms with Crippen molar-refractivity contribution in [2.24, 2.45) is 5.41 Å². The average molecular weight is 767 g/mol. The van der Waals surface area contributed by atoms with Gasteiger partial charge in [-0.1, -0.05) is 11.6 Å². The maximum absolute atomic E-state index is 12.4. The molecule has 1 amide bonds. The number of nitrogens with two attached hydrogens (primary N) is 1. The lowest BCUT2D eigenvalue weighted by Gasteiger charge is -2.32. The molecule has 3 fully saturated rings. The number of hydrogen-bond donors (Lipinski definition) is 2. The second-order valence-electron chi connectivity index (χ2n) is 14.3. The molecule has 1 aromatic carbocycles. The molecule has 1 spiro atoms. The minimum atomic E-state index is -4.41. The summed E-state index contributed by atoms with van der Waals surface area (Å²) in [5.74, 6) is 0.759. The molecule has 4 aliphatic heterocycles. The number of rotatable bonds is 5. The summed E-state index contributed by atoms with van der Waals surface area (Å²) < 4.78 is 70.8. The number of anilines is 2. The van der Waals surface area contributed by atoms with Gasteiger partial charge in [0.1, 0.15) is 12.4 Å². The zero-order chi connectivity index (χ0) is 38.1. The maximum Gasteiger partial charge on any atom is 0.417 e. The van der Waals surface area contributed by atoms with Gasteiger partial charge in [-0.05, 0) is 82.2 Å². The summed E-state index contributed by atoms with van der Waals surface area (Å²) in [6, 6.07) is 3.59. The Morgan fingerprint density at radius 2 is 1.91 bits per heavy atom. The average Bonchev–Trinajstić information content (AvgIpc) is 3.59. The smallest absolute Gasteiger partial charge is 0.417 e. The molecule has 5 aliphatic rings. The Morgan fingerprint density at radius 3 is 2.58 bits per heavy atom. The van der Waals surface area contributed by atoms with E-state index in [0.717, 1.165) is 72.5 Å². The molecule has 2 aromatic heterocycles. The van der Waals surface area contributed by atoms with Gasteiger partial charge in [0.2, 0.25) is 0 Å². The number of halogens is 6. The molecule has 288 valence electrons. The number of fused-ring (bicyclic) bond motifs is 3. The van der Waals surface area contributed by atoms with Crippen molar-refractivity contribution in [2.75, 3.05) is 50.5 Å². The molecule has 1 aliphatic carbocycles. The minimum Gasteiger partial charge on any atom is -0.461 e. The topological polar surface area (TPSA) is 124 Å². The van der Waals surface area contributed by atoms with Gasteiger partial charge >= 0.3 is 12.2 Å². The van der Waals surface area contributed by atoms with Gasteiger partial charge in [0.05, 0.1) is 47.3 Å². The minimum absolute atomic E-state index is 0.145. The largest absolute Gasteiger partial charge is 0.461 e. The number of aryl methyl sites for hydroxylation is 1. The number of alkyl halides is 3. The second kappa shape index (κ2) is 15.4. The van der Waals surface area contributed by atoms with Crippen LogP contribution in [0.5, 0.6) is 6.01 Å². The first kappa shape index (κ1) is 38.7. The molecule has 8 rings (SSSR count). The predicted octanol–water partition coefficient (Wildman–Crippen LogP) is 6.56. The van der Waals surface area contributed by atoms with Gasteiger partial charge in [-0.25, -0.2) is 0 Å². The Hall–Kier alpha value is -4.02. The molecule has 17 heteroatoms. The summed E-state index contributed by atoms with van der Waals surface area (Å²) in [6.45, 7) is 10.8. The molecule has 0 radical (unpaired) electrons. The van der Waals surface area contributed by atoms with Crippen LogP contribution in [-0.4, -0.2) is 76.0 Å². The fraction of sp³-hybridized carbons (Fsp3) is 0.556. The van der Waals surface area contributed by atoms with Crippen LogP contribution in [0.15, 0.2) is 30.9 Å². The number of nitrogen functional groups attached to an aromatic ring is 1. The number of benzene rings is 1. The van der Waals surface area contributed by atoms with Gasteiger partial charge in [0, 0.05) is 49.9 Å². The number of ether oxygens (including phenoxy) is 2. The first-order chi connectivity index (χ1) is 25.1. The molecule has 1 atom stereocenters. The number of aromatic nitrogens is 4. The van der Waals surface area contributed by atoms with Crippen LogP contribution in [0.3, 0.4) is 0 Å². The highest BCUT2D eigenvalue weighted by Crippen LogP contribution is 2.60. The molecule has 53 heavy (non-hydrogen) atoms. The lowest BCUT2D eigenvalue weighted by Crippen LogP contribution is -2.43. The first-order valence-corrected chi connectivity index (χ1v) is 18.0. The van der Waals surface area contributed by atoms with Crippen molar-refractivity contribution < 1.29 is 36.2 Å². The molecular formula is C36H44ClF5N8O3. The maximum atomic E-state index is 12.4. The van der Waals surface area contributed by atoms with Crippen LogP contribution < -0.4 is 20.7 Å². The summed E-state index contributed by atoms with van der Waals surface area (Å²) in [6.07, 6.45) is 1.91. The fourth-order valence-corrected chi connectivity index (χ4v) is 8.26. The molecule has 3 N–H and O–H groups in total. The van der Waals surface area contributed by atoms with Gasteiger partial charge in [-0.2, -0.15) is 37.0 Å². The number of carbonyl (C=O) groups excluding carboxylic acids is 1. The zero-order valence-corrected chi connectivity index (χ0v) is 30.6. The first-order valence-electron chi connectivity index (χ1n) is 17.6. The van der Waals surface area contributed by atoms with E-state index in [-0.39, 0.29) is 22.2 Å². The van der Waals surface area contributed by atoms with Crippen molar-refractivity contribution in [1.29, 1.82) is 0 Å². The van der Waals surface area contributed by atoms with E-state index in [4.69, 9.17) is 36.8 Å². The third-order valence-electron chi connectivity index (χ3n) is 10.7. The number of carbonyl (C=O) groups is 1. The quantitative estimate of drug-likeness (QED) is 0.220. The summed E-state index contributed by atoms with van der Waals surface area (Å²) >= 11 is 5.31. The van der Waals surface area contributed by atoms with Crippen LogP contribution in [0.4, 0.5) is 33.5 Å². The Labute approximate surface area is 309 Å². The lowest BCUT2D eigenvalue weighted by molar-refractivity contribution is -0.137. The molecular weight excluding hydrogens is 723 g/mol. The van der Waals surface area contributed by atoms with Crippen LogP contribution in [-0.2, 0) is 37.0 Å². The lowest BCUT2D eigenvalue weighted by atomic mass is 9.89. The van der Waals surface area contributed by atoms with Gasteiger partial charge in [0.25, 0.3) is 12.0 Å². The molecule has 11 nitrogen and oxygen atoms in total. The van der Waals surface area contributed by atoms with Crippen LogP contribution in [0, 0.1) is 12.3 Å². The van der Waals surface area contributed by atoms with E-state index in [1.54, 1.807) is 7.05 Å². The molecule has 0 bridgehead atoms. The summed E-state index contributed by atoms with van der Waals surface area (Å²) in [7, 11) is 1.65. The standard InChI is InChI=1S/C27H37N7O3.C7H5ClF3N.C2H2F2/c1-18-21-13-32(9-4-11-34(21)31-22(18)24(35)28-2)23-19-14-36-12-5-20(19)29-25(30-23)37-17-27-6-3-10-33(27)16-26(15-27)7-8-26;8-6-3-4(12)1-2-5(6)7(9,10)11;1-2(3)4/h3-17H2,1-2H3,(H,28,35);1-3H,12H2;1H2. The van der Waals surface area contributed by atoms with Crippen LogP contribution in [0.2, 0.25) is 5.02 Å². The van der Waals surface area contributed by atoms with Crippen LogP contribution >= 0.6 is 11.6 Å². The molecule has 2 saturated heterocycles. The van der Waals surface area contributed by atoms with Gasteiger partial charge in [0.15, 0.2) is 5.69 Å². The van der Waals surface area contributed by atoms with Gasteiger partial charge in [-0.15, -0.1) is 0 Å². The van der Waals surface area contributed by atoms with Crippen molar-refractivity contribution in [2.45, 2.75) is 83.3 Å². The monoisotopic (exact) mass is 766 g/mol. The Balaban J connectivity index is 0.000000252. The number of nitrogens with one attached hydrogen (secondary N) is 1. The van der Waals surface area contributed by atoms with Crippen molar-refractivity contribution in [1.82, 2.24) is 30.0 Å². The predicted molar refractivity (Wildman–Crippen MR) is 189 cm³/mol. The SMILES string of the molecule is C=C(F)F.CNC(=O)c1nn2c(c1C)CN(c1nc(OCC34CCCN3CC3(CC3)C4)nc3c1COCC3)CCC2.Nc1ccc(C(F)(F)F)c(Cl)c1. The second-order valence-corrected chi connectivity index (χ2v) is 14.8. The van der Waals surface area contributed by atoms with Crippen molar-refractivity contribution in [3.8, 4) is 6.01 Å². The highest BCUT2D eigenvalue weighted by atomic mass is 35.5. The van der Waals surface area contributed by atoms with E-state index >= 15 is 0 Å². The Morgan fingerprint density at radius 1 is 1.15 bits per heavy atom. The summed E-state index contributed by atoms with van der Waals surface area (Å²) in [4.78, 5) is 27.3. The molecule has 1 saturated carbocycles. The Bertz CT molecular complexity index is 1850. The van der Waals surface area contributed by atoms with Crippen molar-refractivity contribution in [3.05, 3.63) is 69.7 Å². The third kappa shape index (κ3) is 8.54. The highest BCUT2D eigenvalue weighted by molar-refractivity contribution is 6.31. The summed E-state index contributed by atoms with van der Waals surface area (Å²) in [5.41, 5.74) is 9.88.